The first-order valence-corrected chi connectivity index (χ1v) is 9.26. The van der Waals surface area contributed by atoms with Crippen LogP contribution >= 0.6 is 0 Å². The Morgan fingerprint density at radius 3 is 1.83 bits per heavy atom. The van der Waals surface area contributed by atoms with E-state index in [1.54, 1.807) is 0 Å². The van der Waals surface area contributed by atoms with E-state index in [0.717, 1.165) is 30.8 Å². The monoisotopic (exact) mass is 331 g/mol. The first-order valence-electron chi connectivity index (χ1n) is 8.12. The number of benzene rings is 2. The van der Waals surface area contributed by atoms with Crippen LogP contribution in [0.15, 0.2) is 60.7 Å². The van der Waals surface area contributed by atoms with Gasteiger partial charge >= 0.3 is 0 Å². The minimum Gasteiger partial charge on any atom is -0.302 e. The third kappa shape index (κ3) is 5.27. The van der Waals surface area contributed by atoms with Gasteiger partial charge in [0.05, 0.1) is 6.61 Å². The molecule has 0 aliphatic rings. The molecule has 0 fully saturated rings. The third-order valence-electron chi connectivity index (χ3n) is 3.90. The van der Waals surface area contributed by atoms with Gasteiger partial charge in [-0.1, -0.05) is 74.5 Å². The third-order valence-corrected chi connectivity index (χ3v) is 5.23. The van der Waals surface area contributed by atoms with E-state index >= 15 is 0 Å². The molecule has 0 heterocycles. The molecule has 0 aromatic heterocycles. The molecule has 0 bridgehead atoms. The van der Waals surface area contributed by atoms with Crippen molar-refractivity contribution in [1.29, 1.82) is 0 Å². The Morgan fingerprint density at radius 2 is 1.39 bits per heavy atom. The highest BCUT2D eigenvalue weighted by atomic mass is 32.2. The van der Waals surface area contributed by atoms with E-state index in [9.17, 15) is 4.21 Å². The summed E-state index contributed by atoms with van der Waals surface area (Å²) in [5.74, 6) is 0. The van der Waals surface area contributed by atoms with Gasteiger partial charge in [0.1, 0.15) is 5.25 Å². The molecule has 0 amide bonds. The van der Waals surface area contributed by atoms with Crippen LogP contribution < -0.4 is 0 Å². The van der Waals surface area contributed by atoms with Crippen molar-refractivity contribution in [2.24, 2.45) is 0 Å². The van der Waals surface area contributed by atoms with E-state index in [0.29, 0.717) is 6.61 Å². The van der Waals surface area contributed by atoms with E-state index in [-0.39, 0.29) is 5.25 Å². The molecule has 0 N–H and O–H groups in total. The van der Waals surface area contributed by atoms with Crippen molar-refractivity contribution in [3.8, 4) is 0 Å². The van der Waals surface area contributed by atoms with E-state index in [1.807, 2.05) is 60.7 Å². The standard InChI is InChI=1S/C19H25NO2S/c1-3-20(4-2)15-16-22-23(21)19(17-11-7-5-8-12-17)18-13-9-6-10-14-18/h5-14,19H,3-4,15-16H2,1-2H3/t23-/m1/s1. The molecule has 0 aliphatic heterocycles. The Morgan fingerprint density at radius 1 is 0.913 bits per heavy atom. The molecule has 4 heteroatoms. The van der Waals surface area contributed by atoms with Crippen LogP contribution in [0, 0.1) is 0 Å². The molecule has 0 unspecified atom stereocenters. The SMILES string of the molecule is CCN(CC)CCO[S@@](=O)C(c1ccccc1)c1ccccc1. The predicted molar refractivity (Wildman–Crippen MR) is 96.6 cm³/mol. The molecular formula is C19H25NO2S. The molecule has 23 heavy (non-hydrogen) atoms. The first kappa shape index (κ1) is 17.9. The molecule has 124 valence electrons. The Labute approximate surface area is 141 Å². The van der Waals surface area contributed by atoms with Crippen LogP contribution in [-0.4, -0.2) is 35.3 Å². The maximum Gasteiger partial charge on any atom is 0.167 e. The Kier molecular flexibility index (Phi) is 7.46. The molecule has 3 nitrogen and oxygen atoms in total. The van der Waals surface area contributed by atoms with Crippen LogP contribution in [0.5, 0.6) is 0 Å². The van der Waals surface area contributed by atoms with Gasteiger partial charge in [0, 0.05) is 6.54 Å². The summed E-state index contributed by atoms with van der Waals surface area (Å²) in [6.07, 6.45) is 0. The average molecular weight is 331 g/mol. The molecule has 2 aromatic carbocycles. The van der Waals surface area contributed by atoms with Crippen molar-refractivity contribution in [2.75, 3.05) is 26.2 Å². The quantitative estimate of drug-likeness (QED) is 0.700. The lowest BCUT2D eigenvalue weighted by molar-refractivity contribution is 0.234. The fourth-order valence-corrected chi connectivity index (χ4v) is 3.66. The zero-order chi connectivity index (χ0) is 16.5. The second-order valence-electron chi connectivity index (χ2n) is 5.31. The Balaban J connectivity index is 2.10. The van der Waals surface area contributed by atoms with Gasteiger partial charge in [-0.05, 0) is 24.2 Å². The predicted octanol–water partition coefficient (Wildman–Crippen LogP) is 3.80. The van der Waals surface area contributed by atoms with E-state index in [2.05, 4.69) is 18.7 Å². The normalized spacial score (nSPS) is 12.7. The lowest BCUT2D eigenvalue weighted by Gasteiger charge is -2.20. The molecule has 0 saturated heterocycles. The molecule has 1 atom stereocenters. The summed E-state index contributed by atoms with van der Waals surface area (Å²) in [5, 5.41) is -0.255. The summed E-state index contributed by atoms with van der Waals surface area (Å²) in [6.45, 7) is 7.48. The number of hydrogen-bond acceptors (Lipinski definition) is 3. The number of hydrogen-bond donors (Lipinski definition) is 0. The van der Waals surface area contributed by atoms with Crippen LogP contribution in [0.3, 0.4) is 0 Å². The second-order valence-corrected chi connectivity index (χ2v) is 6.54. The van der Waals surface area contributed by atoms with E-state index in [4.69, 9.17) is 4.18 Å². The summed E-state index contributed by atoms with van der Waals surface area (Å²) in [7, 11) is 0. The fraction of sp³-hybridized carbons (Fsp3) is 0.368. The van der Waals surface area contributed by atoms with Crippen LogP contribution in [0.1, 0.15) is 30.2 Å². The number of likely N-dealkylation sites (N-methyl/N-ethyl adjacent to an activating group) is 1. The first-order chi connectivity index (χ1) is 11.3. The minimum absolute atomic E-state index is 0.255. The van der Waals surface area contributed by atoms with Crippen LogP contribution in [0.4, 0.5) is 0 Å². The maximum atomic E-state index is 12.8. The summed E-state index contributed by atoms with van der Waals surface area (Å²) < 4.78 is 18.5. The highest BCUT2D eigenvalue weighted by Crippen LogP contribution is 2.28. The highest BCUT2D eigenvalue weighted by Gasteiger charge is 2.22. The number of rotatable bonds is 9. The van der Waals surface area contributed by atoms with Gasteiger partial charge in [-0.2, -0.15) is 0 Å². The number of nitrogens with zero attached hydrogens (tertiary/aromatic N) is 1. The van der Waals surface area contributed by atoms with Crippen molar-refractivity contribution in [3.05, 3.63) is 71.8 Å². The van der Waals surface area contributed by atoms with Gasteiger partial charge in [-0.15, -0.1) is 0 Å². The van der Waals surface area contributed by atoms with Gasteiger partial charge in [0.2, 0.25) is 0 Å². The van der Waals surface area contributed by atoms with E-state index < -0.39 is 11.1 Å². The zero-order valence-electron chi connectivity index (χ0n) is 13.9. The highest BCUT2D eigenvalue weighted by molar-refractivity contribution is 7.80. The summed E-state index contributed by atoms with van der Waals surface area (Å²) in [6, 6.07) is 19.8. The minimum atomic E-state index is -1.41. The Bertz CT molecular complexity index is 545. The molecular weight excluding hydrogens is 306 g/mol. The smallest absolute Gasteiger partial charge is 0.167 e. The van der Waals surface area contributed by atoms with Crippen molar-refractivity contribution < 1.29 is 8.39 Å². The van der Waals surface area contributed by atoms with Crippen molar-refractivity contribution in [3.63, 3.8) is 0 Å². The van der Waals surface area contributed by atoms with Gasteiger partial charge in [0.25, 0.3) is 0 Å². The molecule has 2 rings (SSSR count). The molecule has 0 saturated carbocycles. The second kappa shape index (κ2) is 9.60. The van der Waals surface area contributed by atoms with Crippen LogP contribution in [-0.2, 0) is 15.3 Å². The molecule has 2 aromatic rings. The van der Waals surface area contributed by atoms with Crippen molar-refractivity contribution >= 4 is 11.1 Å². The van der Waals surface area contributed by atoms with Gasteiger partial charge < -0.3 is 4.90 Å². The summed E-state index contributed by atoms with van der Waals surface area (Å²) >= 11 is -1.41. The van der Waals surface area contributed by atoms with Gasteiger partial charge in [-0.3, -0.25) is 4.18 Å². The van der Waals surface area contributed by atoms with E-state index in [1.165, 1.54) is 0 Å². The van der Waals surface area contributed by atoms with Crippen molar-refractivity contribution in [2.45, 2.75) is 19.1 Å². The molecule has 0 radical (unpaired) electrons. The lowest BCUT2D eigenvalue weighted by atomic mass is 10.0. The topological polar surface area (TPSA) is 29.5 Å². The van der Waals surface area contributed by atoms with Gasteiger partial charge in [-0.25, -0.2) is 4.21 Å². The summed E-state index contributed by atoms with van der Waals surface area (Å²) in [5.41, 5.74) is 2.03. The zero-order valence-corrected chi connectivity index (χ0v) is 14.7. The lowest BCUT2D eigenvalue weighted by Crippen LogP contribution is -2.27. The fourth-order valence-electron chi connectivity index (χ4n) is 2.53. The van der Waals surface area contributed by atoms with Gasteiger partial charge in [0.15, 0.2) is 11.1 Å². The largest absolute Gasteiger partial charge is 0.302 e. The van der Waals surface area contributed by atoms with Crippen LogP contribution in [0.25, 0.3) is 0 Å². The van der Waals surface area contributed by atoms with Crippen molar-refractivity contribution in [1.82, 2.24) is 4.90 Å². The summed E-state index contributed by atoms with van der Waals surface area (Å²) in [4.78, 5) is 2.26. The molecule has 0 aliphatic carbocycles. The maximum absolute atomic E-state index is 12.8. The molecule has 0 spiro atoms. The Hall–Kier alpha value is -1.49. The average Bonchev–Trinajstić information content (AvgIpc) is 2.61. The van der Waals surface area contributed by atoms with Crippen LogP contribution in [0.2, 0.25) is 0 Å².